The van der Waals surface area contributed by atoms with Gasteiger partial charge in [-0.1, -0.05) is 52.9 Å². The first-order valence-corrected chi connectivity index (χ1v) is 7.10. The maximum absolute atomic E-state index is 5.94. The number of thioether (sulfide) groups is 1. The monoisotopic (exact) mass is 217 g/mol. The summed E-state index contributed by atoms with van der Waals surface area (Å²) in [6, 6.07) is 0. The largest absolute Gasteiger partial charge is 0.319 e. The SMILES string of the molecule is CCCCCCCCSC(N)C(C)C. The lowest BCUT2D eigenvalue weighted by Gasteiger charge is -2.14. The van der Waals surface area contributed by atoms with Crippen LogP contribution in [0.25, 0.3) is 0 Å². The Bertz CT molecular complexity index is 115. The topological polar surface area (TPSA) is 26.0 Å². The minimum absolute atomic E-state index is 0.339. The molecule has 86 valence electrons. The minimum atomic E-state index is 0.339. The third-order valence-electron chi connectivity index (χ3n) is 2.47. The van der Waals surface area contributed by atoms with Crippen molar-refractivity contribution in [3.8, 4) is 0 Å². The van der Waals surface area contributed by atoms with E-state index in [-0.39, 0.29) is 0 Å². The Hall–Kier alpha value is 0.310. The van der Waals surface area contributed by atoms with Crippen LogP contribution in [0.2, 0.25) is 0 Å². The van der Waals surface area contributed by atoms with Gasteiger partial charge in [0, 0.05) is 0 Å². The fourth-order valence-electron chi connectivity index (χ4n) is 1.29. The van der Waals surface area contributed by atoms with E-state index in [4.69, 9.17) is 5.73 Å². The summed E-state index contributed by atoms with van der Waals surface area (Å²) in [5, 5.41) is 0.339. The summed E-state index contributed by atoms with van der Waals surface area (Å²) in [6.07, 6.45) is 8.29. The van der Waals surface area contributed by atoms with Gasteiger partial charge in [-0.25, -0.2) is 0 Å². The molecule has 0 aromatic heterocycles. The van der Waals surface area contributed by atoms with E-state index in [1.807, 2.05) is 11.8 Å². The molecular weight excluding hydrogens is 190 g/mol. The molecule has 1 atom stereocenters. The maximum Gasteiger partial charge on any atom is 0.0530 e. The number of hydrogen-bond donors (Lipinski definition) is 1. The van der Waals surface area contributed by atoms with Crippen LogP contribution in [0.4, 0.5) is 0 Å². The highest BCUT2D eigenvalue weighted by Crippen LogP contribution is 2.16. The van der Waals surface area contributed by atoms with Gasteiger partial charge in [0.25, 0.3) is 0 Å². The van der Waals surface area contributed by atoms with Crippen LogP contribution in [0.3, 0.4) is 0 Å². The van der Waals surface area contributed by atoms with Gasteiger partial charge in [-0.05, 0) is 18.1 Å². The molecule has 1 nitrogen and oxygen atoms in total. The van der Waals surface area contributed by atoms with Gasteiger partial charge >= 0.3 is 0 Å². The summed E-state index contributed by atoms with van der Waals surface area (Å²) in [7, 11) is 0. The second kappa shape index (κ2) is 9.85. The normalized spacial score (nSPS) is 13.5. The van der Waals surface area contributed by atoms with Crippen molar-refractivity contribution in [2.24, 2.45) is 11.7 Å². The van der Waals surface area contributed by atoms with Gasteiger partial charge in [-0.3, -0.25) is 0 Å². The van der Waals surface area contributed by atoms with Crippen LogP contribution in [0.1, 0.15) is 59.3 Å². The standard InChI is InChI=1S/C12H27NS/c1-4-5-6-7-8-9-10-14-12(13)11(2)3/h11-12H,4-10,13H2,1-3H3. The van der Waals surface area contributed by atoms with E-state index < -0.39 is 0 Å². The molecule has 0 amide bonds. The van der Waals surface area contributed by atoms with Crippen molar-refractivity contribution < 1.29 is 0 Å². The van der Waals surface area contributed by atoms with Gasteiger partial charge in [-0.15, -0.1) is 11.8 Å². The molecule has 0 aliphatic carbocycles. The Kier molecular flexibility index (Phi) is 10.1. The van der Waals surface area contributed by atoms with E-state index in [1.54, 1.807) is 0 Å². The van der Waals surface area contributed by atoms with Gasteiger partial charge in [0.05, 0.1) is 5.37 Å². The van der Waals surface area contributed by atoms with Crippen LogP contribution in [-0.4, -0.2) is 11.1 Å². The average Bonchev–Trinajstić information content (AvgIpc) is 2.16. The number of hydrogen-bond acceptors (Lipinski definition) is 2. The van der Waals surface area contributed by atoms with E-state index >= 15 is 0 Å². The van der Waals surface area contributed by atoms with Crippen LogP contribution < -0.4 is 5.73 Å². The van der Waals surface area contributed by atoms with Crippen molar-refractivity contribution in [3.63, 3.8) is 0 Å². The Morgan fingerprint density at radius 2 is 1.57 bits per heavy atom. The van der Waals surface area contributed by atoms with Crippen molar-refractivity contribution in [2.45, 2.75) is 64.7 Å². The molecule has 0 rings (SSSR count). The van der Waals surface area contributed by atoms with Crippen LogP contribution in [0, 0.1) is 5.92 Å². The average molecular weight is 217 g/mol. The molecule has 0 fully saturated rings. The summed E-state index contributed by atoms with van der Waals surface area (Å²) in [5.41, 5.74) is 5.94. The fourth-order valence-corrected chi connectivity index (χ4v) is 2.32. The Labute approximate surface area is 94.2 Å². The summed E-state index contributed by atoms with van der Waals surface area (Å²) in [4.78, 5) is 0. The highest BCUT2D eigenvalue weighted by atomic mass is 32.2. The van der Waals surface area contributed by atoms with Crippen molar-refractivity contribution >= 4 is 11.8 Å². The lowest BCUT2D eigenvalue weighted by molar-refractivity contribution is 0.615. The first-order valence-electron chi connectivity index (χ1n) is 6.05. The van der Waals surface area contributed by atoms with E-state index in [1.165, 1.54) is 44.3 Å². The first kappa shape index (κ1) is 14.3. The Morgan fingerprint density at radius 1 is 1.00 bits per heavy atom. The third kappa shape index (κ3) is 8.89. The number of rotatable bonds is 9. The molecule has 14 heavy (non-hydrogen) atoms. The zero-order chi connectivity index (χ0) is 10.8. The Morgan fingerprint density at radius 3 is 2.14 bits per heavy atom. The predicted molar refractivity (Wildman–Crippen MR) is 68.6 cm³/mol. The highest BCUT2D eigenvalue weighted by molar-refractivity contribution is 7.99. The lowest BCUT2D eigenvalue weighted by atomic mass is 10.1. The van der Waals surface area contributed by atoms with E-state index in [0.717, 1.165) is 0 Å². The summed E-state index contributed by atoms with van der Waals surface area (Å²) in [6.45, 7) is 6.65. The van der Waals surface area contributed by atoms with Gasteiger partial charge in [0.1, 0.15) is 0 Å². The van der Waals surface area contributed by atoms with Crippen LogP contribution >= 0.6 is 11.8 Å². The molecule has 0 aliphatic rings. The van der Waals surface area contributed by atoms with Crippen molar-refractivity contribution in [1.82, 2.24) is 0 Å². The summed E-state index contributed by atoms with van der Waals surface area (Å²) < 4.78 is 0. The summed E-state index contributed by atoms with van der Waals surface area (Å²) >= 11 is 1.93. The summed E-state index contributed by atoms with van der Waals surface area (Å²) in [5.74, 6) is 1.85. The molecule has 2 N–H and O–H groups in total. The zero-order valence-corrected chi connectivity index (χ0v) is 10.9. The van der Waals surface area contributed by atoms with Gasteiger partial charge in [0.2, 0.25) is 0 Å². The second-order valence-electron chi connectivity index (χ2n) is 4.35. The third-order valence-corrected chi connectivity index (χ3v) is 3.92. The maximum atomic E-state index is 5.94. The fraction of sp³-hybridized carbons (Fsp3) is 1.00. The molecule has 0 aromatic rings. The molecule has 0 spiro atoms. The van der Waals surface area contributed by atoms with Crippen LogP contribution in [0.15, 0.2) is 0 Å². The molecule has 0 bridgehead atoms. The Balaban J connectivity index is 3.06. The lowest BCUT2D eigenvalue weighted by Crippen LogP contribution is -2.22. The van der Waals surface area contributed by atoms with Crippen molar-refractivity contribution in [1.29, 1.82) is 0 Å². The van der Waals surface area contributed by atoms with Gasteiger partial charge in [-0.2, -0.15) is 0 Å². The molecule has 1 unspecified atom stereocenters. The van der Waals surface area contributed by atoms with E-state index in [0.29, 0.717) is 11.3 Å². The minimum Gasteiger partial charge on any atom is -0.319 e. The quantitative estimate of drug-likeness (QED) is 0.466. The van der Waals surface area contributed by atoms with E-state index in [9.17, 15) is 0 Å². The molecule has 0 aromatic carbocycles. The molecular formula is C12H27NS. The van der Waals surface area contributed by atoms with Gasteiger partial charge < -0.3 is 5.73 Å². The van der Waals surface area contributed by atoms with Crippen LogP contribution in [0.5, 0.6) is 0 Å². The second-order valence-corrected chi connectivity index (χ2v) is 5.63. The number of nitrogens with two attached hydrogens (primary N) is 1. The molecule has 0 saturated carbocycles. The molecule has 0 saturated heterocycles. The number of unbranched alkanes of at least 4 members (excludes halogenated alkanes) is 5. The predicted octanol–water partition coefficient (Wildman–Crippen LogP) is 4.02. The zero-order valence-electron chi connectivity index (χ0n) is 10.1. The first-order chi connectivity index (χ1) is 6.68. The van der Waals surface area contributed by atoms with Gasteiger partial charge in [0.15, 0.2) is 0 Å². The molecule has 2 heteroatoms. The van der Waals surface area contributed by atoms with Crippen LogP contribution in [-0.2, 0) is 0 Å². The van der Waals surface area contributed by atoms with Crippen molar-refractivity contribution in [2.75, 3.05) is 5.75 Å². The van der Waals surface area contributed by atoms with Crippen molar-refractivity contribution in [3.05, 3.63) is 0 Å². The molecule has 0 aliphatic heterocycles. The molecule has 0 heterocycles. The van der Waals surface area contributed by atoms with E-state index in [2.05, 4.69) is 20.8 Å². The molecule has 0 radical (unpaired) electrons. The highest BCUT2D eigenvalue weighted by Gasteiger charge is 2.06. The smallest absolute Gasteiger partial charge is 0.0530 e.